The number of nitrogens with one attached hydrogen (secondary N) is 2. The molecule has 1 fully saturated rings. The van der Waals surface area contributed by atoms with Gasteiger partial charge in [0.2, 0.25) is 0 Å². The molecule has 1 aliphatic heterocycles. The molecule has 2 amide bonds. The summed E-state index contributed by atoms with van der Waals surface area (Å²) in [7, 11) is 1.58. The Hall–Kier alpha value is -3.32. The number of hydrogen-bond acceptors (Lipinski definition) is 4. The average molecular weight is 434 g/mol. The van der Waals surface area contributed by atoms with Gasteiger partial charge < -0.3 is 10.1 Å². The maximum Gasteiger partial charge on any atom is 0.324 e. The zero-order valence-corrected chi connectivity index (χ0v) is 19.0. The molecule has 7 nitrogen and oxygen atoms in total. The highest BCUT2D eigenvalue weighted by molar-refractivity contribution is 6.00. The minimum Gasteiger partial charge on any atom is -0.495 e. The first kappa shape index (κ1) is 21.9. The third kappa shape index (κ3) is 5.11. The number of nitrogens with zero attached hydrogens (tertiary/aromatic N) is 3. The van der Waals surface area contributed by atoms with E-state index < -0.39 is 0 Å². The molecule has 1 saturated heterocycles. The molecule has 0 spiro atoms. The first-order valence-electron chi connectivity index (χ1n) is 11.1. The molecular weight excluding hydrogens is 402 g/mol. The minimum atomic E-state index is -0.316. The van der Waals surface area contributed by atoms with Crippen LogP contribution in [-0.4, -0.2) is 40.9 Å². The van der Waals surface area contributed by atoms with Crippen molar-refractivity contribution in [2.24, 2.45) is 0 Å². The van der Waals surface area contributed by atoms with E-state index in [0.29, 0.717) is 17.3 Å². The van der Waals surface area contributed by atoms with E-state index in [9.17, 15) is 4.79 Å². The molecule has 7 heteroatoms. The summed E-state index contributed by atoms with van der Waals surface area (Å²) in [5.74, 6) is 1.32. The quantitative estimate of drug-likeness (QED) is 0.575. The zero-order chi connectivity index (χ0) is 22.5. The summed E-state index contributed by atoms with van der Waals surface area (Å²) >= 11 is 0. The van der Waals surface area contributed by atoms with E-state index in [4.69, 9.17) is 4.74 Å². The number of piperidine rings is 1. The van der Waals surface area contributed by atoms with Crippen LogP contribution in [0.3, 0.4) is 0 Å². The lowest BCUT2D eigenvalue weighted by Crippen LogP contribution is -2.35. The van der Waals surface area contributed by atoms with E-state index in [1.165, 1.54) is 16.7 Å². The van der Waals surface area contributed by atoms with Gasteiger partial charge >= 0.3 is 6.03 Å². The van der Waals surface area contributed by atoms with Crippen LogP contribution in [-0.2, 0) is 6.54 Å². The number of carbonyl (C=O) groups excluding carboxylic acids is 1. The number of para-hydroxylation sites is 2. The van der Waals surface area contributed by atoms with Crippen LogP contribution >= 0.6 is 0 Å². The fourth-order valence-corrected chi connectivity index (χ4v) is 4.20. The fraction of sp³-hybridized carbons (Fsp3) is 0.360. The Bertz CT molecular complexity index is 1070. The molecule has 1 aromatic heterocycles. The van der Waals surface area contributed by atoms with Crippen molar-refractivity contribution in [2.45, 2.75) is 39.3 Å². The summed E-state index contributed by atoms with van der Waals surface area (Å²) in [5.41, 5.74) is 4.66. The van der Waals surface area contributed by atoms with E-state index in [-0.39, 0.29) is 12.1 Å². The largest absolute Gasteiger partial charge is 0.495 e. The number of carbonyl (C=O) groups is 1. The Balaban J connectivity index is 1.33. The highest BCUT2D eigenvalue weighted by Crippen LogP contribution is 2.27. The molecule has 0 bridgehead atoms. The van der Waals surface area contributed by atoms with Crippen molar-refractivity contribution in [3.63, 3.8) is 0 Å². The van der Waals surface area contributed by atoms with Crippen LogP contribution in [0.4, 0.5) is 16.3 Å². The van der Waals surface area contributed by atoms with Crippen molar-refractivity contribution in [2.75, 3.05) is 30.8 Å². The number of benzene rings is 2. The van der Waals surface area contributed by atoms with Crippen molar-refractivity contribution in [1.82, 2.24) is 14.7 Å². The molecule has 2 N–H and O–H groups in total. The predicted octanol–water partition coefficient (Wildman–Crippen LogP) is 4.99. The first-order valence-corrected chi connectivity index (χ1v) is 11.1. The SMILES string of the molecule is COc1ccccc1NC(=O)Nc1ccnn1C1CCN(Cc2ccc(C)c(C)c2)CC1. The van der Waals surface area contributed by atoms with Crippen LogP contribution in [0, 0.1) is 13.8 Å². The molecule has 1 aliphatic rings. The number of ether oxygens (including phenoxy) is 1. The van der Waals surface area contributed by atoms with Gasteiger partial charge in [-0.25, -0.2) is 9.48 Å². The predicted molar refractivity (Wildman–Crippen MR) is 127 cm³/mol. The van der Waals surface area contributed by atoms with Gasteiger partial charge in [-0.1, -0.05) is 30.3 Å². The highest BCUT2D eigenvalue weighted by atomic mass is 16.5. The number of aryl methyl sites for hydroxylation is 2. The molecule has 32 heavy (non-hydrogen) atoms. The van der Waals surface area contributed by atoms with Gasteiger partial charge in [0.25, 0.3) is 0 Å². The number of likely N-dealkylation sites (tertiary alicyclic amines) is 1. The summed E-state index contributed by atoms with van der Waals surface area (Å²) < 4.78 is 7.24. The van der Waals surface area contributed by atoms with Gasteiger partial charge in [-0.05, 0) is 55.5 Å². The normalized spacial score (nSPS) is 14.8. The van der Waals surface area contributed by atoms with Crippen molar-refractivity contribution < 1.29 is 9.53 Å². The van der Waals surface area contributed by atoms with Gasteiger partial charge in [0.15, 0.2) is 0 Å². The van der Waals surface area contributed by atoms with E-state index in [1.807, 2.05) is 28.9 Å². The van der Waals surface area contributed by atoms with Crippen molar-refractivity contribution in [1.29, 1.82) is 0 Å². The molecule has 2 heterocycles. The molecule has 168 valence electrons. The Kier molecular flexibility index (Phi) is 6.75. The second kappa shape index (κ2) is 9.87. The molecule has 0 atom stereocenters. The number of amides is 2. The molecule has 0 saturated carbocycles. The second-order valence-corrected chi connectivity index (χ2v) is 8.37. The van der Waals surface area contributed by atoms with E-state index in [1.54, 1.807) is 19.4 Å². The standard InChI is InChI=1S/C25H31N5O2/c1-18-8-9-20(16-19(18)2)17-29-14-11-21(12-15-29)30-24(10-13-26-30)28-25(31)27-22-6-4-5-7-23(22)32-3/h4-10,13,16,21H,11-12,14-15,17H2,1-3H3,(H2,27,28,31). The maximum absolute atomic E-state index is 12.6. The van der Waals surface area contributed by atoms with Crippen molar-refractivity contribution >= 4 is 17.5 Å². The third-order valence-electron chi connectivity index (χ3n) is 6.15. The van der Waals surface area contributed by atoms with Gasteiger partial charge in [0, 0.05) is 25.7 Å². The molecule has 3 aromatic rings. The molecule has 2 aromatic carbocycles. The van der Waals surface area contributed by atoms with Crippen LogP contribution in [0.15, 0.2) is 54.7 Å². The average Bonchev–Trinajstić information content (AvgIpc) is 3.25. The van der Waals surface area contributed by atoms with Gasteiger partial charge in [-0.2, -0.15) is 5.10 Å². The highest BCUT2D eigenvalue weighted by Gasteiger charge is 2.23. The number of anilines is 2. The first-order chi connectivity index (χ1) is 15.5. The lowest BCUT2D eigenvalue weighted by atomic mass is 10.0. The van der Waals surface area contributed by atoms with Crippen LogP contribution in [0.2, 0.25) is 0 Å². The Labute approximate surface area is 189 Å². The molecule has 0 radical (unpaired) electrons. The van der Waals surface area contributed by atoms with E-state index >= 15 is 0 Å². The summed E-state index contributed by atoms with van der Waals surface area (Å²) in [4.78, 5) is 15.1. The minimum absolute atomic E-state index is 0.266. The second-order valence-electron chi connectivity index (χ2n) is 8.37. The Morgan fingerprint density at radius 1 is 1.06 bits per heavy atom. The number of urea groups is 1. The van der Waals surface area contributed by atoms with Crippen molar-refractivity contribution in [3.8, 4) is 5.75 Å². The smallest absolute Gasteiger partial charge is 0.324 e. The van der Waals surface area contributed by atoms with E-state index in [0.717, 1.165) is 32.5 Å². The van der Waals surface area contributed by atoms with E-state index in [2.05, 4.69) is 52.7 Å². The topological polar surface area (TPSA) is 71.4 Å². The molecule has 0 unspecified atom stereocenters. The Morgan fingerprint density at radius 2 is 1.84 bits per heavy atom. The lowest BCUT2D eigenvalue weighted by Gasteiger charge is -2.32. The van der Waals surface area contributed by atoms with Crippen molar-refractivity contribution in [3.05, 3.63) is 71.4 Å². The van der Waals surface area contributed by atoms with Gasteiger partial charge in [-0.3, -0.25) is 10.2 Å². The summed E-state index contributed by atoms with van der Waals surface area (Å²) in [5, 5.41) is 10.3. The monoisotopic (exact) mass is 433 g/mol. The summed E-state index contributed by atoms with van der Waals surface area (Å²) in [6.07, 6.45) is 3.73. The number of hydrogen-bond donors (Lipinski definition) is 2. The molecule has 4 rings (SSSR count). The lowest BCUT2D eigenvalue weighted by molar-refractivity contribution is 0.174. The van der Waals surface area contributed by atoms with Crippen LogP contribution in [0.5, 0.6) is 5.75 Å². The molecule has 0 aliphatic carbocycles. The number of aromatic nitrogens is 2. The van der Waals surface area contributed by atoms with Crippen LogP contribution in [0.25, 0.3) is 0 Å². The van der Waals surface area contributed by atoms with Gasteiger partial charge in [0.05, 0.1) is 25.0 Å². The third-order valence-corrected chi connectivity index (χ3v) is 6.15. The summed E-state index contributed by atoms with van der Waals surface area (Å²) in [6.45, 7) is 7.30. The van der Waals surface area contributed by atoms with Crippen LogP contribution in [0.1, 0.15) is 35.6 Å². The summed E-state index contributed by atoms with van der Waals surface area (Å²) in [6, 6.07) is 15.8. The Morgan fingerprint density at radius 3 is 2.59 bits per heavy atom. The van der Waals surface area contributed by atoms with Gasteiger partial charge in [-0.15, -0.1) is 0 Å². The van der Waals surface area contributed by atoms with Crippen LogP contribution < -0.4 is 15.4 Å². The molecular formula is C25H31N5O2. The fourth-order valence-electron chi connectivity index (χ4n) is 4.20. The maximum atomic E-state index is 12.6. The van der Waals surface area contributed by atoms with Gasteiger partial charge in [0.1, 0.15) is 11.6 Å². The number of methoxy groups -OCH3 is 1. The number of rotatable bonds is 6. The zero-order valence-electron chi connectivity index (χ0n) is 19.0.